The summed E-state index contributed by atoms with van der Waals surface area (Å²) in [6, 6.07) is 6.00. The highest BCUT2D eigenvalue weighted by molar-refractivity contribution is 6.06. The Morgan fingerprint density at radius 3 is 2.56 bits per heavy atom. The van der Waals surface area contributed by atoms with Gasteiger partial charge in [0.15, 0.2) is 5.65 Å². The number of hydrogen-bond acceptors (Lipinski definition) is 7. The third kappa shape index (κ3) is 3.49. The molecule has 36 heavy (non-hydrogen) atoms. The Morgan fingerprint density at radius 2 is 1.86 bits per heavy atom. The number of carbonyl (C=O) groups is 1. The Kier molecular flexibility index (Phi) is 5.15. The molecule has 3 aromatic heterocycles. The van der Waals surface area contributed by atoms with Crippen LogP contribution in [0.1, 0.15) is 51.4 Å². The molecule has 0 spiro atoms. The van der Waals surface area contributed by atoms with E-state index in [0.29, 0.717) is 17.9 Å². The molecular formula is C27H30N8O. The van der Waals surface area contributed by atoms with Crippen molar-refractivity contribution < 1.29 is 4.79 Å². The van der Waals surface area contributed by atoms with E-state index in [4.69, 9.17) is 4.98 Å². The summed E-state index contributed by atoms with van der Waals surface area (Å²) >= 11 is 0. The Balaban J connectivity index is 1.44. The molecule has 184 valence electrons. The number of hydrogen-bond donors (Lipinski definition) is 2. The van der Waals surface area contributed by atoms with Crippen LogP contribution < -0.4 is 10.6 Å². The number of rotatable bonds is 6. The van der Waals surface area contributed by atoms with Crippen LogP contribution in [0.25, 0.3) is 33.8 Å². The molecule has 2 aliphatic rings. The number of fused-ring (bicyclic) bond motifs is 2. The summed E-state index contributed by atoms with van der Waals surface area (Å²) in [5.74, 6) is 1.44. The molecule has 4 aromatic rings. The average molecular weight is 483 g/mol. The van der Waals surface area contributed by atoms with E-state index in [0.717, 1.165) is 46.1 Å². The van der Waals surface area contributed by atoms with Gasteiger partial charge < -0.3 is 9.88 Å². The van der Waals surface area contributed by atoms with Crippen LogP contribution in [0.5, 0.6) is 0 Å². The van der Waals surface area contributed by atoms with E-state index in [1.165, 1.54) is 19.3 Å². The maximum absolute atomic E-state index is 13.1. The third-order valence-corrected chi connectivity index (χ3v) is 7.85. The Bertz CT molecular complexity index is 1490. The highest BCUT2D eigenvalue weighted by Gasteiger charge is 2.44. The van der Waals surface area contributed by atoms with Gasteiger partial charge in [0, 0.05) is 42.3 Å². The molecule has 1 atom stereocenters. The van der Waals surface area contributed by atoms with Gasteiger partial charge >= 0.3 is 0 Å². The predicted molar refractivity (Wildman–Crippen MR) is 138 cm³/mol. The minimum atomic E-state index is -0.802. The van der Waals surface area contributed by atoms with E-state index in [9.17, 15) is 4.79 Å². The lowest BCUT2D eigenvalue weighted by Gasteiger charge is -2.41. The minimum Gasteiger partial charge on any atom is -0.324 e. The normalized spacial score (nSPS) is 20.3. The molecule has 0 radical (unpaired) electrons. The maximum Gasteiger partial charge on any atom is 0.249 e. The third-order valence-electron chi connectivity index (χ3n) is 7.85. The summed E-state index contributed by atoms with van der Waals surface area (Å²) in [5, 5.41) is 6.65. The van der Waals surface area contributed by atoms with Gasteiger partial charge in [0.2, 0.25) is 5.91 Å². The molecule has 1 aliphatic carbocycles. The number of anilines is 1. The van der Waals surface area contributed by atoms with Crippen molar-refractivity contribution in [2.24, 2.45) is 5.41 Å². The van der Waals surface area contributed by atoms with Crippen LogP contribution in [0.3, 0.4) is 0 Å². The molecule has 1 saturated carbocycles. The molecule has 6 rings (SSSR count). The van der Waals surface area contributed by atoms with Crippen LogP contribution in [0.4, 0.5) is 5.69 Å². The zero-order chi connectivity index (χ0) is 25.1. The molecule has 1 aromatic carbocycles. The number of nitrogens with zero attached hydrogens (tertiary/aromatic N) is 6. The van der Waals surface area contributed by atoms with E-state index in [2.05, 4.69) is 55.1 Å². The molecule has 2 N–H and O–H groups in total. The quantitative estimate of drug-likeness (QED) is 0.423. The first kappa shape index (κ1) is 22.7. The number of nitrogens with one attached hydrogen (secondary N) is 2. The number of amides is 1. The summed E-state index contributed by atoms with van der Waals surface area (Å²) in [4.78, 5) is 35.9. The highest BCUT2D eigenvalue weighted by atomic mass is 16.2. The van der Waals surface area contributed by atoms with Crippen LogP contribution in [-0.2, 0) is 16.9 Å². The van der Waals surface area contributed by atoms with Gasteiger partial charge in [-0.1, -0.05) is 19.4 Å². The Morgan fingerprint density at radius 1 is 1.08 bits per heavy atom. The van der Waals surface area contributed by atoms with Crippen LogP contribution in [-0.4, -0.2) is 41.9 Å². The van der Waals surface area contributed by atoms with E-state index < -0.39 is 5.54 Å². The fraction of sp³-hybridized carbons (Fsp3) is 0.407. The van der Waals surface area contributed by atoms with Crippen LogP contribution >= 0.6 is 0 Å². The Hall–Kier alpha value is -3.72. The first-order valence-corrected chi connectivity index (χ1v) is 12.5. The summed E-state index contributed by atoms with van der Waals surface area (Å²) in [6.45, 7) is 9.68. The van der Waals surface area contributed by atoms with Crippen molar-refractivity contribution in [3.8, 4) is 22.6 Å². The van der Waals surface area contributed by atoms with E-state index in [1.807, 2.05) is 26.0 Å². The van der Waals surface area contributed by atoms with Crippen LogP contribution in [0.2, 0.25) is 0 Å². The second-order valence-corrected chi connectivity index (χ2v) is 10.5. The van der Waals surface area contributed by atoms with Gasteiger partial charge in [-0.2, -0.15) is 0 Å². The molecule has 1 fully saturated rings. The molecule has 9 heteroatoms. The molecule has 4 heterocycles. The molecular weight excluding hydrogens is 452 g/mol. The lowest BCUT2D eigenvalue weighted by atomic mass is 9.70. The molecule has 0 saturated heterocycles. The lowest BCUT2D eigenvalue weighted by Crippen LogP contribution is -2.50. The van der Waals surface area contributed by atoms with Gasteiger partial charge in [0.05, 0.1) is 5.56 Å². The summed E-state index contributed by atoms with van der Waals surface area (Å²) in [5.41, 5.74) is 5.15. The monoisotopic (exact) mass is 482 g/mol. The molecule has 1 amide bonds. The van der Waals surface area contributed by atoms with Crippen molar-refractivity contribution in [2.75, 3.05) is 11.9 Å². The number of aryl methyl sites for hydroxylation is 2. The summed E-state index contributed by atoms with van der Waals surface area (Å²) in [7, 11) is 0. The minimum absolute atomic E-state index is 0.0256. The number of carbonyl (C=O) groups excluding carboxylic acids is 1. The van der Waals surface area contributed by atoms with Gasteiger partial charge in [-0.3, -0.25) is 10.1 Å². The van der Waals surface area contributed by atoms with Crippen molar-refractivity contribution in [1.29, 1.82) is 0 Å². The molecule has 1 aliphatic heterocycles. The first-order valence-electron chi connectivity index (χ1n) is 12.5. The first-order chi connectivity index (χ1) is 17.3. The van der Waals surface area contributed by atoms with Crippen molar-refractivity contribution in [2.45, 2.75) is 59.0 Å². The van der Waals surface area contributed by atoms with Crippen molar-refractivity contribution >= 4 is 22.8 Å². The van der Waals surface area contributed by atoms with Gasteiger partial charge in [-0.25, -0.2) is 24.9 Å². The second-order valence-electron chi connectivity index (χ2n) is 10.5. The molecule has 9 nitrogen and oxygen atoms in total. The van der Waals surface area contributed by atoms with Gasteiger partial charge in [-0.15, -0.1) is 0 Å². The fourth-order valence-electron chi connectivity index (χ4n) is 5.28. The van der Waals surface area contributed by atoms with Gasteiger partial charge in [-0.05, 0) is 51.2 Å². The van der Waals surface area contributed by atoms with Gasteiger partial charge in [0.25, 0.3) is 0 Å². The van der Waals surface area contributed by atoms with E-state index in [1.54, 1.807) is 18.7 Å². The Labute approximate surface area is 209 Å². The van der Waals surface area contributed by atoms with Crippen LogP contribution in [0, 0.1) is 12.3 Å². The zero-order valence-corrected chi connectivity index (χ0v) is 21.1. The fourth-order valence-corrected chi connectivity index (χ4v) is 5.28. The lowest BCUT2D eigenvalue weighted by molar-refractivity contribution is -0.121. The molecule has 0 unspecified atom stereocenters. The smallest absolute Gasteiger partial charge is 0.249 e. The van der Waals surface area contributed by atoms with Gasteiger partial charge in [0.1, 0.15) is 34.7 Å². The topological polar surface area (TPSA) is 111 Å². The standard InChI is InChI=1S/C27H30N8O/c1-5-35-23(18-12-28-16(2)29-13-18)34-22-21(30-15-31-24(22)35)17-7-8-20-19(11-17)27(4,25(36)33-20)32-14-26(3)9-6-10-26/h7-8,11-13,15,32H,5-6,9-10,14H2,1-4H3,(H,33,36)/t27-/m1/s1. The average Bonchev–Trinajstić information content (AvgIpc) is 3.36. The highest BCUT2D eigenvalue weighted by Crippen LogP contribution is 2.43. The number of benzene rings is 1. The van der Waals surface area contributed by atoms with E-state index in [-0.39, 0.29) is 11.3 Å². The largest absolute Gasteiger partial charge is 0.324 e. The van der Waals surface area contributed by atoms with Crippen LogP contribution in [0.15, 0.2) is 36.9 Å². The predicted octanol–water partition coefficient (Wildman–Crippen LogP) is 4.23. The molecule has 0 bridgehead atoms. The number of imidazole rings is 1. The second kappa shape index (κ2) is 8.16. The van der Waals surface area contributed by atoms with E-state index >= 15 is 0 Å². The summed E-state index contributed by atoms with van der Waals surface area (Å²) < 4.78 is 2.05. The van der Waals surface area contributed by atoms with Crippen molar-refractivity contribution in [3.63, 3.8) is 0 Å². The summed E-state index contributed by atoms with van der Waals surface area (Å²) in [6.07, 6.45) is 8.79. The number of aromatic nitrogens is 6. The maximum atomic E-state index is 13.1. The zero-order valence-electron chi connectivity index (χ0n) is 21.1. The van der Waals surface area contributed by atoms with Crippen molar-refractivity contribution in [1.82, 2.24) is 34.8 Å². The SMILES string of the molecule is CCn1c(-c2cnc(C)nc2)nc2c(-c3ccc4c(c3)[C@@](C)(NCC3(C)CCC3)C(=O)N4)ncnc21. The van der Waals surface area contributed by atoms with Crippen molar-refractivity contribution in [3.05, 3.63) is 48.3 Å².